The van der Waals surface area contributed by atoms with E-state index in [2.05, 4.69) is 15.9 Å². The first-order chi connectivity index (χ1) is 11.7. The van der Waals surface area contributed by atoms with Crippen molar-refractivity contribution in [2.75, 3.05) is 13.1 Å². The van der Waals surface area contributed by atoms with Crippen molar-refractivity contribution in [2.24, 2.45) is 0 Å². The van der Waals surface area contributed by atoms with Gasteiger partial charge in [0.2, 0.25) is 0 Å². The lowest BCUT2D eigenvalue weighted by Crippen LogP contribution is -2.43. The van der Waals surface area contributed by atoms with Gasteiger partial charge in [0.25, 0.3) is 5.56 Å². The summed E-state index contributed by atoms with van der Waals surface area (Å²) in [7, 11) is 0. The molecule has 0 aromatic carbocycles. The van der Waals surface area contributed by atoms with Crippen molar-refractivity contribution in [1.29, 1.82) is 0 Å². The molecule has 0 atom stereocenters. The van der Waals surface area contributed by atoms with Gasteiger partial charge in [-0.05, 0) is 49.5 Å². The molecule has 0 radical (unpaired) electrons. The summed E-state index contributed by atoms with van der Waals surface area (Å²) in [4.78, 5) is 38.2. The van der Waals surface area contributed by atoms with E-state index in [1.165, 1.54) is 0 Å². The third-order valence-electron chi connectivity index (χ3n) is 4.35. The number of hydrogen-bond acceptors (Lipinski definition) is 5. The van der Waals surface area contributed by atoms with Crippen LogP contribution in [-0.2, 0) is 16.1 Å². The Morgan fingerprint density at radius 2 is 1.92 bits per heavy atom. The van der Waals surface area contributed by atoms with Gasteiger partial charge in [0, 0.05) is 29.8 Å². The van der Waals surface area contributed by atoms with E-state index < -0.39 is 11.6 Å². The summed E-state index contributed by atoms with van der Waals surface area (Å²) in [6, 6.07) is -0.0245. The number of amides is 1. The Bertz CT molecular complexity index is 772. The van der Waals surface area contributed by atoms with E-state index in [1.807, 2.05) is 20.8 Å². The second kappa shape index (κ2) is 6.48. The number of cyclic esters (lactones) is 1. The highest BCUT2D eigenvalue weighted by Gasteiger charge is 2.32. The predicted octanol–water partition coefficient (Wildman–Crippen LogP) is 2.85. The fourth-order valence-corrected chi connectivity index (χ4v) is 3.76. The van der Waals surface area contributed by atoms with Crippen LogP contribution in [0.4, 0.5) is 4.79 Å². The van der Waals surface area contributed by atoms with Gasteiger partial charge in [0.15, 0.2) is 0 Å². The van der Waals surface area contributed by atoms with Crippen LogP contribution >= 0.6 is 15.9 Å². The molecule has 2 aliphatic heterocycles. The SMILES string of the molecule is CC(C)(C)OC(=O)N1CCC(n2cc(Br)c3c(c2=O)COC3=O)CC1. The van der Waals surface area contributed by atoms with Gasteiger partial charge in [-0.1, -0.05) is 0 Å². The monoisotopic (exact) mass is 412 g/mol. The number of fused-ring (bicyclic) bond motifs is 1. The lowest BCUT2D eigenvalue weighted by Gasteiger charge is -2.34. The molecule has 2 aliphatic rings. The van der Waals surface area contributed by atoms with Crippen LogP contribution in [0.1, 0.15) is 55.6 Å². The van der Waals surface area contributed by atoms with E-state index in [1.54, 1.807) is 15.7 Å². The summed E-state index contributed by atoms with van der Waals surface area (Å²) >= 11 is 3.36. The first-order valence-electron chi connectivity index (χ1n) is 8.26. The molecule has 1 aromatic rings. The minimum atomic E-state index is -0.526. The molecule has 0 spiro atoms. The van der Waals surface area contributed by atoms with Gasteiger partial charge in [-0.3, -0.25) is 4.79 Å². The third-order valence-corrected chi connectivity index (χ3v) is 4.95. The zero-order chi connectivity index (χ0) is 18.4. The lowest BCUT2D eigenvalue weighted by molar-refractivity contribution is 0.0187. The van der Waals surface area contributed by atoms with Gasteiger partial charge in [-0.2, -0.15) is 0 Å². The number of piperidine rings is 1. The van der Waals surface area contributed by atoms with E-state index in [9.17, 15) is 14.4 Å². The van der Waals surface area contributed by atoms with E-state index in [0.29, 0.717) is 41.5 Å². The molecule has 7 nitrogen and oxygen atoms in total. The molecule has 0 bridgehead atoms. The third kappa shape index (κ3) is 3.58. The number of ether oxygens (including phenoxy) is 2. The minimum Gasteiger partial charge on any atom is -0.457 e. The number of likely N-dealkylation sites (tertiary alicyclic amines) is 1. The maximum Gasteiger partial charge on any atom is 0.410 e. The molecule has 1 fully saturated rings. The van der Waals surface area contributed by atoms with Gasteiger partial charge < -0.3 is 18.9 Å². The van der Waals surface area contributed by atoms with Gasteiger partial charge >= 0.3 is 12.1 Å². The molecule has 0 N–H and O–H groups in total. The van der Waals surface area contributed by atoms with E-state index in [-0.39, 0.29) is 24.3 Å². The Labute approximate surface area is 154 Å². The highest BCUT2D eigenvalue weighted by molar-refractivity contribution is 9.10. The number of esters is 1. The van der Waals surface area contributed by atoms with Crippen molar-refractivity contribution in [1.82, 2.24) is 9.47 Å². The molecule has 1 aromatic heterocycles. The predicted molar refractivity (Wildman–Crippen MR) is 93.6 cm³/mol. The van der Waals surface area contributed by atoms with Crippen LogP contribution in [-0.4, -0.2) is 40.2 Å². The minimum absolute atomic E-state index is 0.0171. The van der Waals surface area contributed by atoms with Crippen LogP contribution < -0.4 is 5.56 Å². The standard InChI is InChI=1S/C17H21BrN2O5/c1-17(2,3)25-16(23)19-6-4-10(5-7-19)20-8-12(18)13-11(14(20)21)9-24-15(13)22/h8,10H,4-7,9H2,1-3H3. The lowest BCUT2D eigenvalue weighted by atomic mass is 10.0. The van der Waals surface area contributed by atoms with Crippen molar-refractivity contribution < 1.29 is 19.1 Å². The van der Waals surface area contributed by atoms with Crippen LogP contribution in [0, 0.1) is 0 Å². The summed E-state index contributed by atoms with van der Waals surface area (Å²) < 4.78 is 12.6. The summed E-state index contributed by atoms with van der Waals surface area (Å²) in [6.45, 7) is 6.57. The summed E-state index contributed by atoms with van der Waals surface area (Å²) in [5.74, 6) is -0.467. The first kappa shape index (κ1) is 18.0. The molecule has 0 aliphatic carbocycles. The smallest absolute Gasteiger partial charge is 0.410 e. The fourth-order valence-electron chi connectivity index (χ4n) is 3.14. The topological polar surface area (TPSA) is 77.8 Å². The van der Waals surface area contributed by atoms with Gasteiger partial charge in [0.05, 0.1) is 11.1 Å². The zero-order valence-electron chi connectivity index (χ0n) is 14.5. The van der Waals surface area contributed by atoms with Crippen molar-refractivity contribution in [2.45, 2.75) is 51.9 Å². The van der Waals surface area contributed by atoms with Crippen LogP contribution in [0.5, 0.6) is 0 Å². The van der Waals surface area contributed by atoms with Crippen LogP contribution in [0.3, 0.4) is 0 Å². The fraction of sp³-hybridized carbons (Fsp3) is 0.588. The molecular weight excluding hydrogens is 392 g/mol. The molecule has 1 saturated heterocycles. The highest BCUT2D eigenvalue weighted by atomic mass is 79.9. The van der Waals surface area contributed by atoms with E-state index in [4.69, 9.17) is 9.47 Å². The number of pyridine rings is 1. The number of rotatable bonds is 1. The van der Waals surface area contributed by atoms with Crippen LogP contribution in [0.25, 0.3) is 0 Å². The molecule has 3 rings (SSSR count). The number of carbonyl (C=O) groups excluding carboxylic acids is 2. The van der Waals surface area contributed by atoms with Crippen LogP contribution in [0.2, 0.25) is 0 Å². The molecule has 8 heteroatoms. The summed E-state index contributed by atoms with van der Waals surface area (Å²) in [5.41, 5.74) is 0.00331. The normalized spacial score (nSPS) is 18.1. The molecule has 0 unspecified atom stereocenters. The largest absolute Gasteiger partial charge is 0.457 e. The zero-order valence-corrected chi connectivity index (χ0v) is 16.1. The maximum atomic E-state index is 12.7. The van der Waals surface area contributed by atoms with Crippen molar-refractivity contribution in [3.8, 4) is 0 Å². The van der Waals surface area contributed by atoms with Crippen molar-refractivity contribution >= 4 is 28.0 Å². The molecule has 0 saturated carbocycles. The van der Waals surface area contributed by atoms with Crippen LogP contribution in [0.15, 0.2) is 15.5 Å². The highest BCUT2D eigenvalue weighted by Crippen LogP contribution is 2.29. The van der Waals surface area contributed by atoms with E-state index >= 15 is 0 Å². The van der Waals surface area contributed by atoms with Crippen molar-refractivity contribution in [3.05, 3.63) is 32.2 Å². The van der Waals surface area contributed by atoms with E-state index in [0.717, 1.165) is 0 Å². The maximum absolute atomic E-state index is 12.7. The number of carbonyl (C=O) groups is 2. The molecular formula is C17H21BrN2O5. The quantitative estimate of drug-likeness (QED) is 0.662. The Morgan fingerprint density at radius 3 is 2.52 bits per heavy atom. The number of hydrogen-bond donors (Lipinski definition) is 0. The molecule has 3 heterocycles. The molecule has 1 amide bonds. The van der Waals surface area contributed by atoms with Crippen molar-refractivity contribution in [3.63, 3.8) is 0 Å². The Morgan fingerprint density at radius 1 is 1.28 bits per heavy atom. The van der Waals surface area contributed by atoms with Gasteiger partial charge in [0.1, 0.15) is 12.2 Å². The number of aromatic nitrogens is 1. The summed E-state index contributed by atoms with van der Waals surface area (Å²) in [5, 5.41) is 0. The Hall–Kier alpha value is -1.83. The second-order valence-electron chi connectivity index (χ2n) is 7.32. The second-order valence-corrected chi connectivity index (χ2v) is 8.17. The Kier molecular flexibility index (Phi) is 4.66. The first-order valence-corrected chi connectivity index (χ1v) is 9.05. The average Bonchev–Trinajstić information content (AvgIpc) is 2.92. The molecule has 136 valence electrons. The average molecular weight is 413 g/mol. The molecule has 25 heavy (non-hydrogen) atoms. The number of halogens is 1. The van der Waals surface area contributed by atoms with Gasteiger partial charge in [-0.25, -0.2) is 9.59 Å². The summed E-state index contributed by atoms with van der Waals surface area (Å²) in [6.07, 6.45) is 2.63. The number of nitrogens with zero attached hydrogens (tertiary/aromatic N) is 2. The Balaban J connectivity index is 1.74. The van der Waals surface area contributed by atoms with Gasteiger partial charge in [-0.15, -0.1) is 0 Å².